The summed E-state index contributed by atoms with van der Waals surface area (Å²) < 4.78 is 34.5. The van der Waals surface area contributed by atoms with Gasteiger partial charge in [0.1, 0.15) is 11.6 Å². The molecule has 2 aromatic carbocycles. The summed E-state index contributed by atoms with van der Waals surface area (Å²) in [5.74, 6) is -0.591. The molecule has 0 spiro atoms. The number of rotatable bonds is 6. The molecule has 154 valence electrons. The minimum absolute atomic E-state index is 0.0773. The van der Waals surface area contributed by atoms with Crippen molar-refractivity contribution in [2.45, 2.75) is 37.1 Å². The van der Waals surface area contributed by atoms with Gasteiger partial charge in [-0.3, -0.25) is 9.36 Å². The van der Waals surface area contributed by atoms with Crippen molar-refractivity contribution < 1.29 is 13.3 Å². The van der Waals surface area contributed by atoms with Gasteiger partial charge in [-0.15, -0.1) is 0 Å². The van der Waals surface area contributed by atoms with Crippen LogP contribution in [0.25, 0.3) is 16.6 Å². The van der Waals surface area contributed by atoms with E-state index in [9.17, 15) is 13.6 Å². The summed E-state index contributed by atoms with van der Waals surface area (Å²) in [4.78, 5) is 22.1. The van der Waals surface area contributed by atoms with E-state index in [4.69, 9.17) is 4.52 Å². The number of para-hydroxylation sites is 1. The SMILES string of the molecule is CCCc1noc(C(C)Sc2nc3ccccc3c(=O)n2-c2ccc(F)cc2F)n1. The van der Waals surface area contributed by atoms with Gasteiger partial charge >= 0.3 is 0 Å². The van der Waals surface area contributed by atoms with Crippen molar-refractivity contribution in [1.29, 1.82) is 0 Å². The highest BCUT2D eigenvalue weighted by Crippen LogP contribution is 2.34. The number of aromatic nitrogens is 4. The monoisotopic (exact) mass is 428 g/mol. The molecule has 30 heavy (non-hydrogen) atoms. The van der Waals surface area contributed by atoms with Crippen LogP contribution in [0.5, 0.6) is 0 Å². The largest absolute Gasteiger partial charge is 0.338 e. The van der Waals surface area contributed by atoms with Gasteiger partial charge < -0.3 is 4.52 Å². The first-order valence-electron chi connectivity index (χ1n) is 9.44. The summed E-state index contributed by atoms with van der Waals surface area (Å²) in [5, 5.41) is 4.19. The van der Waals surface area contributed by atoms with Crippen molar-refractivity contribution in [1.82, 2.24) is 19.7 Å². The second-order valence-electron chi connectivity index (χ2n) is 6.71. The fraction of sp³-hybridized carbons (Fsp3) is 0.238. The van der Waals surface area contributed by atoms with Crippen molar-refractivity contribution in [2.24, 2.45) is 0 Å². The molecule has 0 amide bonds. The van der Waals surface area contributed by atoms with Gasteiger partial charge in [0.15, 0.2) is 11.0 Å². The Hall–Kier alpha value is -3.07. The van der Waals surface area contributed by atoms with Crippen LogP contribution in [0.4, 0.5) is 8.78 Å². The number of aryl methyl sites for hydroxylation is 1. The van der Waals surface area contributed by atoms with Crippen LogP contribution < -0.4 is 5.56 Å². The normalized spacial score (nSPS) is 12.4. The first-order chi connectivity index (χ1) is 14.5. The summed E-state index contributed by atoms with van der Waals surface area (Å²) in [6.07, 6.45) is 1.58. The molecule has 4 rings (SSSR count). The van der Waals surface area contributed by atoms with Crippen molar-refractivity contribution in [3.63, 3.8) is 0 Å². The summed E-state index contributed by atoms with van der Waals surface area (Å²) in [6, 6.07) is 9.88. The van der Waals surface area contributed by atoms with Gasteiger partial charge in [-0.05, 0) is 37.6 Å². The molecule has 1 atom stereocenters. The molecule has 2 aromatic heterocycles. The first-order valence-corrected chi connectivity index (χ1v) is 10.3. The van der Waals surface area contributed by atoms with Gasteiger partial charge in [0, 0.05) is 12.5 Å². The van der Waals surface area contributed by atoms with Gasteiger partial charge in [-0.1, -0.05) is 36.0 Å². The highest BCUT2D eigenvalue weighted by Gasteiger charge is 2.22. The van der Waals surface area contributed by atoms with Gasteiger partial charge in [0.25, 0.3) is 5.56 Å². The zero-order valence-corrected chi connectivity index (χ0v) is 17.1. The third-order valence-electron chi connectivity index (χ3n) is 4.48. The lowest BCUT2D eigenvalue weighted by Crippen LogP contribution is -2.23. The van der Waals surface area contributed by atoms with E-state index in [1.165, 1.54) is 17.8 Å². The number of halogens is 2. The van der Waals surface area contributed by atoms with Gasteiger partial charge in [-0.2, -0.15) is 4.98 Å². The van der Waals surface area contributed by atoms with Crippen LogP contribution in [0, 0.1) is 11.6 Å². The van der Waals surface area contributed by atoms with E-state index < -0.39 is 17.2 Å². The van der Waals surface area contributed by atoms with Crippen LogP contribution in [0.1, 0.15) is 37.2 Å². The van der Waals surface area contributed by atoms with E-state index in [0.717, 1.165) is 23.1 Å². The van der Waals surface area contributed by atoms with E-state index in [2.05, 4.69) is 15.1 Å². The summed E-state index contributed by atoms with van der Waals surface area (Å²) >= 11 is 1.19. The van der Waals surface area contributed by atoms with Gasteiger partial charge in [-0.25, -0.2) is 13.8 Å². The lowest BCUT2D eigenvalue weighted by atomic mass is 10.2. The van der Waals surface area contributed by atoms with Crippen molar-refractivity contribution in [3.8, 4) is 5.69 Å². The highest BCUT2D eigenvalue weighted by atomic mass is 32.2. The smallest absolute Gasteiger partial charge is 0.266 e. The highest BCUT2D eigenvalue weighted by molar-refractivity contribution is 7.99. The van der Waals surface area contributed by atoms with E-state index in [-0.39, 0.29) is 16.1 Å². The maximum absolute atomic E-state index is 14.6. The number of thioether (sulfide) groups is 1. The van der Waals surface area contributed by atoms with E-state index in [1.54, 1.807) is 24.3 Å². The quantitative estimate of drug-likeness (QED) is 0.323. The van der Waals surface area contributed by atoms with Crippen molar-refractivity contribution in [2.75, 3.05) is 0 Å². The molecular weight excluding hydrogens is 410 g/mol. The molecular formula is C21H18F2N4O2S. The molecule has 6 nitrogen and oxygen atoms in total. The second kappa shape index (κ2) is 8.35. The predicted molar refractivity (Wildman–Crippen MR) is 110 cm³/mol. The average Bonchev–Trinajstić information content (AvgIpc) is 3.18. The van der Waals surface area contributed by atoms with Crippen molar-refractivity contribution in [3.05, 3.63) is 76.2 Å². The molecule has 0 bridgehead atoms. The molecule has 0 radical (unpaired) electrons. The lowest BCUT2D eigenvalue weighted by Gasteiger charge is -2.15. The Labute approximate surface area is 175 Å². The fourth-order valence-electron chi connectivity index (χ4n) is 3.03. The Morgan fingerprint density at radius 1 is 1.17 bits per heavy atom. The van der Waals surface area contributed by atoms with E-state index in [0.29, 0.717) is 29.0 Å². The fourth-order valence-corrected chi connectivity index (χ4v) is 3.98. The number of hydrogen-bond donors (Lipinski definition) is 0. The van der Waals surface area contributed by atoms with Crippen molar-refractivity contribution >= 4 is 22.7 Å². The third kappa shape index (κ3) is 3.85. The Morgan fingerprint density at radius 3 is 2.73 bits per heavy atom. The first kappa shape index (κ1) is 20.2. The topological polar surface area (TPSA) is 73.8 Å². The molecule has 0 aliphatic heterocycles. The van der Waals surface area contributed by atoms with E-state index >= 15 is 0 Å². The van der Waals surface area contributed by atoms with Gasteiger partial charge in [0.05, 0.1) is 21.8 Å². The molecule has 0 saturated carbocycles. The van der Waals surface area contributed by atoms with Gasteiger partial charge in [0.2, 0.25) is 5.89 Å². The maximum atomic E-state index is 14.6. The Kier molecular flexibility index (Phi) is 5.63. The minimum atomic E-state index is -0.855. The molecule has 0 N–H and O–H groups in total. The zero-order valence-electron chi connectivity index (χ0n) is 16.3. The Bertz CT molecular complexity index is 1270. The Balaban J connectivity index is 1.84. The molecule has 4 aromatic rings. The molecule has 0 saturated heterocycles. The molecule has 0 aliphatic rings. The summed E-state index contributed by atoms with van der Waals surface area (Å²) in [6.45, 7) is 3.85. The lowest BCUT2D eigenvalue weighted by molar-refractivity contribution is 0.374. The van der Waals surface area contributed by atoms with E-state index in [1.807, 2.05) is 13.8 Å². The standard InChI is InChI=1S/C21H18F2N4O2S/c1-3-6-18-25-19(29-26-18)12(2)30-21-24-16-8-5-4-7-14(16)20(28)27(21)17-10-9-13(22)11-15(17)23/h4-5,7-12H,3,6H2,1-2H3. The minimum Gasteiger partial charge on any atom is -0.338 e. The van der Waals surface area contributed by atoms with Crippen LogP contribution in [0.2, 0.25) is 0 Å². The summed E-state index contributed by atoms with van der Waals surface area (Å²) in [5.41, 5.74) is -0.0438. The van der Waals surface area contributed by atoms with Crippen LogP contribution in [-0.2, 0) is 6.42 Å². The molecule has 0 fully saturated rings. The third-order valence-corrected chi connectivity index (χ3v) is 5.52. The second-order valence-corrected chi connectivity index (χ2v) is 8.01. The molecule has 2 heterocycles. The van der Waals surface area contributed by atoms with Crippen LogP contribution in [0.15, 0.2) is 56.9 Å². The zero-order chi connectivity index (χ0) is 21.3. The van der Waals surface area contributed by atoms with Crippen LogP contribution in [0.3, 0.4) is 0 Å². The number of fused-ring (bicyclic) bond motifs is 1. The molecule has 0 aliphatic carbocycles. The van der Waals surface area contributed by atoms with Crippen LogP contribution >= 0.6 is 11.8 Å². The number of benzene rings is 2. The number of hydrogen-bond acceptors (Lipinski definition) is 6. The van der Waals surface area contributed by atoms with Crippen LogP contribution in [-0.4, -0.2) is 19.7 Å². The summed E-state index contributed by atoms with van der Waals surface area (Å²) in [7, 11) is 0. The molecule has 1 unspecified atom stereocenters. The number of nitrogens with zero attached hydrogens (tertiary/aromatic N) is 4. The maximum Gasteiger partial charge on any atom is 0.266 e. The predicted octanol–water partition coefficient (Wildman–Crippen LogP) is 4.85. The Morgan fingerprint density at radius 2 is 1.97 bits per heavy atom. The molecule has 9 heteroatoms. The average molecular weight is 428 g/mol.